The first kappa shape index (κ1) is 10.3. The fourth-order valence-electron chi connectivity index (χ4n) is 1.90. The molecule has 80 valence electrons. The summed E-state index contributed by atoms with van der Waals surface area (Å²) in [6.45, 7) is 0.744. The molecule has 0 aliphatic carbocycles. The Bertz CT molecular complexity index is 392. The van der Waals surface area contributed by atoms with Crippen LogP contribution in [0.25, 0.3) is 0 Å². The van der Waals surface area contributed by atoms with Crippen LogP contribution in [0.3, 0.4) is 0 Å². The summed E-state index contributed by atoms with van der Waals surface area (Å²) in [7, 11) is 1.40. The molecule has 0 spiro atoms. The molecule has 2 rings (SSSR count). The van der Waals surface area contributed by atoms with Gasteiger partial charge in [0.2, 0.25) is 0 Å². The van der Waals surface area contributed by atoms with Gasteiger partial charge in [-0.25, -0.2) is 0 Å². The number of hydrogen-bond donors (Lipinski definition) is 1. The largest absolute Gasteiger partial charge is 0.469 e. The van der Waals surface area contributed by atoms with E-state index in [1.54, 1.807) is 0 Å². The van der Waals surface area contributed by atoms with Crippen LogP contribution in [0.15, 0.2) is 18.2 Å². The summed E-state index contributed by atoms with van der Waals surface area (Å²) in [4.78, 5) is 11.2. The van der Waals surface area contributed by atoms with Crippen LogP contribution in [0.1, 0.15) is 17.9 Å². The molecule has 0 saturated carbocycles. The predicted octanol–water partition coefficient (Wildman–Crippen LogP) is 2.41. The van der Waals surface area contributed by atoms with Gasteiger partial charge in [0.05, 0.1) is 13.5 Å². The Labute approximate surface area is 93.4 Å². The fourth-order valence-corrected chi connectivity index (χ4v) is 2.23. The van der Waals surface area contributed by atoms with E-state index in [2.05, 4.69) is 10.1 Å². The number of nitrogens with one attached hydrogen (secondary N) is 1. The van der Waals surface area contributed by atoms with Crippen molar-refractivity contribution in [1.29, 1.82) is 0 Å². The Morgan fingerprint density at radius 2 is 2.47 bits per heavy atom. The highest BCUT2D eigenvalue weighted by molar-refractivity contribution is 6.32. The van der Waals surface area contributed by atoms with Crippen LogP contribution in [-0.2, 0) is 9.53 Å². The van der Waals surface area contributed by atoms with Gasteiger partial charge in [0.1, 0.15) is 0 Å². The van der Waals surface area contributed by atoms with Crippen LogP contribution in [0.5, 0.6) is 0 Å². The second-order valence-electron chi connectivity index (χ2n) is 3.56. The molecule has 1 aromatic rings. The summed E-state index contributed by atoms with van der Waals surface area (Å²) in [6.07, 6.45) is 0.375. The van der Waals surface area contributed by atoms with Crippen LogP contribution in [0.2, 0.25) is 5.02 Å². The smallest absolute Gasteiger partial charge is 0.306 e. The van der Waals surface area contributed by atoms with Crippen molar-refractivity contribution in [3.63, 3.8) is 0 Å². The van der Waals surface area contributed by atoms with E-state index >= 15 is 0 Å². The maximum atomic E-state index is 11.2. The molecule has 0 fully saturated rings. The van der Waals surface area contributed by atoms with Crippen LogP contribution >= 0.6 is 11.6 Å². The van der Waals surface area contributed by atoms with Gasteiger partial charge in [-0.1, -0.05) is 17.7 Å². The SMILES string of the molecule is COC(=O)CC1CNc2cccc(Cl)c21. The molecule has 4 heteroatoms. The summed E-state index contributed by atoms with van der Waals surface area (Å²) in [5.74, 6) is -0.0734. The lowest BCUT2D eigenvalue weighted by atomic mass is 9.98. The normalized spacial score (nSPS) is 18.1. The zero-order valence-electron chi connectivity index (χ0n) is 8.42. The number of ether oxygens (including phenoxy) is 1. The Kier molecular flexibility index (Phi) is 2.82. The standard InChI is InChI=1S/C11H12ClNO2/c1-15-10(14)5-7-6-13-9-4-2-3-8(12)11(7)9/h2-4,7,13H,5-6H2,1H3. The van der Waals surface area contributed by atoms with Crippen LogP contribution < -0.4 is 5.32 Å². The van der Waals surface area contributed by atoms with Gasteiger partial charge in [0.15, 0.2) is 0 Å². The molecule has 1 heterocycles. The van der Waals surface area contributed by atoms with Crippen molar-refractivity contribution in [3.8, 4) is 0 Å². The van der Waals surface area contributed by atoms with Crippen LogP contribution in [0, 0.1) is 0 Å². The van der Waals surface area contributed by atoms with Gasteiger partial charge in [0.25, 0.3) is 0 Å². The summed E-state index contributed by atoms with van der Waals surface area (Å²) in [5.41, 5.74) is 2.06. The lowest BCUT2D eigenvalue weighted by Gasteiger charge is -2.09. The molecule has 0 bridgehead atoms. The highest BCUT2D eigenvalue weighted by Crippen LogP contribution is 2.38. The van der Waals surface area contributed by atoms with E-state index in [-0.39, 0.29) is 11.9 Å². The van der Waals surface area contributed by atoms with E-state index in [1.165, 1.54) is 7.11 Å². The molecule has 1 unspecified atom stereocenters. The molecular weight excluding hydrogens is 214 g/mol. The summed E-state index contributed by atoms with van der Waals surface area (Å²) in [6, 6.07) is 5.71. The van der Waals surface area contributed by atoms with E-state index in [9.17, 15) is 4.79 Å². The zero-order valence-corrected chi connectivity index (χ0v) is 9.17. The quantitative estimate of drug-likeness (QED) is 0.786. The Morgan fingerprint density at radius 3 is 3.20 bits per heavy atom. The molecule has 1 N–H and O–H groups in total. The minimum Gasteiger partial charge on any atom is -0.469 e. The molecule has 0 amide bonds. The van der Waals surface area contributed by atoms with Crippen LogP contribution in [-0.4, -0.2) is 19.6 Å². The van der Waals surface area contributed by atoms with Gasteiger partial charge in [-0.15, -0.1) is 0 Å². The van der Waals surface area contributed by atoms with Gasteiger partial charge in [-0.2, -0.15) is 0 Å². The molecule has 1 aromatic carbocycles. The number of hydrogen-bond acceptors (Lipinski definition) is 3. The summed E-state index contributed by atoms with van der Waals surface area (Å²) < 4.78 is 4.66. The fraction of sp³-hybridized carbons (Fsp3) is 0.364. The van der Waals surface area contributed by atoms with Crippen molar-refractivity contribution in [1.82, 2.24) is 0 Å². The van der Waals surface area contributed by atoms with Crippen molar-refractivity contribution in [2.24, 2.45) is 0 Å². The zero-order chi connectivity index (χ0) is 10.8. The molecule has 0 radical (unpaired) electrons. The number of benzene rings is 1. The maximum Gasteiger partial charge on any atom is 0.306 e. The topological polar surface area (TPSA) is 38.3 Å². The average Bonchev–Trinajstić information content (AvgIpc) is 2.63. The van der Waals surface area contributed by atoms with Crippen molar-refractivity contribution < 1.29 is 9.53 Å². The number of rotatable bonds is 2. The first-order valence-electron chi connectivity index (χ1n) is 4.81. The highest BCUT2D eigenvalue weighted by Gasteiger charge is 2.26. The van der Waals surface area contributed by atoms with Gasteiger partial charge in [-0.05, 0) is 17.7 Å². The Hall–Kier alpha value is -1.22. The number of anilines is 1. The average molecular weight is 226 g/mol. The van der Waals surface area contributed by atoms with Gasteiger partial charge in [0, 0.05) is 23.2 Å². The minimum atomic E-state index is -0.199. The molecule has 1 aliphatic rings. The second kappa shape index (κ2) is 4.11. The van der Waals surface area contributed by atoms with Crippen molar-refractivity contribution in [2.45, 2.75) is 12.3 Å². The van der Waals surface area contributed by atoms with Crippen molar-refractivity contribution in [3.05, 3.63) is 28.8 Å². The monoisotopic (exact) mass is 225 g/mol. The van der Waals surface area contributed by atoms with Crippen molar-refractivity contribution >= 4 is 23.3 Å². The molecule has 15 heavy (non-hydrogen) atoms. The van der Waals surface area contributed by atoms with E-state index in [0.29, 0.717) is 11.4 Å². The van der Waals surface area contributed by atoms with Gasteiger partial charge < -0.3 is 10.1 Å². The lowest BCUT2D eigenvalue weighted by Crippen LogP contribution is -2.10. The summed E-state index contributed by atoms with van der Waals surface area (Å²) in [5, 5.41) is 3.94. The van der Waals surface area contributed by atoms with E-state index < -0.39 is 0 Å². The third kappa shape index (κ3) is 1.92. The molecule has 1 aliphatic heterocycles. The molecule has 3 nitrogen and oxygen atoms in total. The highest BCUT2D eigenvalue weighted by atomic mass is 35.5. The lowest BCUT2D eigenvalue weighted by molar-refractivity contribution is -0.140. The molecular formula is C11H12ClNO2. The second-order valence-corrected chi connectivity index (χ2v) is 3.97. The van der Waals surface area contributed by atoms with E-state index in [1.807, 2.05) is 18.2 Å². The predicted molar refractivity (Wildman–Crippen MR) is 59.3 cm³/mol. The molecule has 0 saturated heterocycles. The van der Waals surface area contributed by atoms with E-state index in [4.69, 9.17) is 11.6 Å². The summed E-state index contributed by atoms with van der Waals surface area (Å²) >= 11 is 6.10. The minimum absolute atomic E-state index is 0.126. The van der Waals surface area contributed by atoms with E-state index in [0.717, 1.165) is 17.8 Å². The third-order valence-corrected chi connectivity index (χ3v) is 2.97. The Morgan fingerprint density at radius 1 is 1.67 bits per heavy atom. The van der Waals surface area contributed by atoms with Crippen LogP contribution in [0.4, 0.5) is 5.69 Å². The van der Waals surface area contributed by atoms with Crippen molar-refractivity contribution in [2.75, 3.05) is 19.0 Å². The number of methoxy groups -OCH3 is 1. The number of fused-ring (bicyclic) bond motifs is 1. The first-order valence-corrected chi connectivity index (χ1v) is 5.19. The Balaban J connectivity index is 2.24. The first-order chi connectivity index (χ1) is 7.22. The molecule has 1 atom stereocenters. The maximum absolute atomic E-state index is 11.2. The molecule has 0 aromatic heterocycles. The number of esters is 1. The number of carbonyl (C=O) groups is 1. The third-order valence-electron chi connectivity index (χ3n) is 2.64. The number of carbonyl (C=O) groups excluding carboxylic acids is 1. The van der Waals surface area contributed by atoms with Gasteiger partial charge in [-0.3, -0.25) is 4.79 Å². The number of halogens is 1. The van der Waals surface area contributed by atoms with Gasteiger partial charge >= 0.3 is 5.97 Å².